The van der Waals surface area contributed by atoms with Gasteiger partial charge in [0.15, 0.2) is 0 Å². The minimum atomic E-state index is -1.09. The topological polar surface area (TPSA) is 66.4 Å². The molecule has 0 atom stereocenters. The summed E-state index contributed by atoms with van der Waals surface area (Å²) in [5.41, 5.74) is 0.313. The van der Waals surface area contributed by atoms with E-state index in [4.69, 9.17) is 16.7 Å². The molecule has 0 aliphatic rings. The Kier molecular flexibility index (Phi) is 3.64. The fraction of sp³-hybridized carbons (Fsp3) is 0. The number of amides is 1. The molecule has 0 saturated heterocycles. The van der Waals surface area contributed by atoms with Crippen molar-refractivity contribution in [3.8, 4) is 0 Å². The van der Waals surface area contributed by atoms with Gasteiger partial charge in [0, 0.05) is 0 Å². The van der Waals surface area contributed by atoms with Gasteiger partial charge in [-0.25, -0.2) is 4.79 Å². The van der Waals surface area contributed by atoms with Gasteiger partial charge in [-0.3, -0.25) is 4.79 Å². The van der Waals surface area contributed by atoms with Gasteiger partial charge >= 0.3 is 5.97 Å². The number of thiophene rings is 1. The molecular formula is C12H8ClNO3S. The van der Waals surface area contributed by atoms with Crippen molar-refractivity contribution >= 4 is 40.5 Å². The normalized spacial score (nSPS) is 10.1. The Morgan fingerprint density at radius 1 is 1.17 bits per heavy atom. The Morgan fingerprint density at radius 3 is 2.50 bits per heavy atom. The molecule has 0 saturated carbocycles. The molecule has 1 aromatic heterocycles. The van der Waals surface area contributed by atoms with E-state index in [0.717, 1.165) is 11.3 Å². The van der Waals surface area contributed by atoms with Crippen molar-refractivity contribution in [1.82, 2.24) is 0 Å². The highest BCUT2D eigenvalue weighted by Crippen LogP contribution is 2.23. The lowest BCUT2D eigenvalue weighted by Gasteiger charge is -2.06. The van der Waals surface area contributed by atoms with Crippen LogP contribution in [0.2, 0.25) is 4.34 Å². The lowest BCUT2D eigenvalue weighted by Crippen LogP contribution is -2.13. The van der Waals surface area contributed by atoms with Crippen LogP contribution in [-0.4, -0.2) is 17.0 Å². The third-order valence-corrected chi connectivity index (χ3v) is 3.43. The smallest absolute Gasteiger partial charge is 0.337 e. The number of benzene rings is 1. The third-order valence-electron chi connectivity index (χ3n) is 2.20. The number of carbonyl (C=O) groups is 2. The number of para-hydroxylation sites is 1. The molecule has 0 aliphatic heterocycles. The Hall–Kier alpha value is -1.85. The van der Waals surface area contributed by atoms with Crippen LogP contribution in [0.5, 0.6) is 0 Å². The summed E-state index contributed by atoms with van der Waals surface area (Å²) in [6.45, 7) is 0. The van der Waals surface area contributed by atoms with E-state index in [1.54, 1.807) is 24.3 Å². The van der Waals surface area contributed by atoms with Crippen molar-refractivity contribution < 1.29 is 14.7 Å². The highest BCUT2D eigenvalue weighted by atomic mass is 35.5. The van der Waals surface area contributed by atoms with E-state index in [2.05, 4.69) is 5.32 Å². The highest BCUT2D eigenvalue weighted by molar-refractivity contribution is 7.18. The van der Waals surface area contributed by atoms with Gasteiger partial charge in [-0.1, -0.05) is 23.7 Å². The van der Waals surface area contributed by atoms with E-state index >= 15 is 0 Å². The Balaban J connectivity index is 2.24. The number of anilines is 1. The van der Waals surface area contributed by atoms with Crippen molar-refractivity contribution in [1.29, 1.82) is 0 Å². The Morgan fingerprint density at radius 2 is 1.89 bits per heavy atom. The van der Waals surface area contributed by atoms with Gasteiger partial charge in [0.2, 0.25) is 0 Å². The second kappa shape index (κ2) is 5.20. The lowest BCUT2D eigenvalue weighted by molar-refractivity contribution is 0.0698. The van der Waals surface area contributed by atoms with Crippen LogP contribution in [0.15, 0.2) is 36.4 Å². The number of carbonyl (C=O) groups excluding carboxylic acids is 1. The molecule has 0 spiro atoms. The maximum atomic E-state index is 11.8. The molecule has 18 heavy (non-hydrogen) atoms. The summed E-state index contributed by atoms with van der Waals surface area (Å²) in [6.07, 6.45) is 0. The molecule has 1 aromatic carbocycles. The molecule has 1 amide bonds. The monoisotopic (exact) mass is 281 g/mol. The van der Waals surface area contributed by atoms with E-state index in [9.17, 15) is 9.59 Å². The van der Waals surface area contributed by atoms with Crippen LogP contribution in [-0.2, 0) is 0 Å². The van der Waals surface area contributed by atoms with Crippen LogP contribution in [0.4, 0.5) is 5.69 Å². The van der Waals surface area contributed by atoms with E-state index < -0.39 is 5.97 Å². The molecule has 4 nitrogen and oxygen atoms in total. The Labute approximate surface area is 112 Å². The maximum absolute atomic E-state index is 11.8. The summed E-state index contributed by atoms with van der Waals surface area (Å²) in [4.78, 5) is 23.3. The number of carboxylic acid groups (broad SMARTS) is 1. The van der Waals surface area contributed by atoms with Crippen molar-refractivity contribution in [2.75, 3.05) is 5.32 Å². The molecule has 2 N–H and O–H groups in total. The van der Waals surface area contributed by atoms with Crippen LogP contribution < -0.4 is 5.32 Å². The van der Waals surface area contributed by atoms with Crippen LogP contribution in [0.1, 0.15) is 20.0 Å². The molecule has 0 aliphatic carbocycles. The van der Waals surface area contributed by atoms with Crippen molar-refractivity contribution in [2.24, 2.45) is 0 Å². The zero-order valence-electron chi connectivity index (χ0n) is 9.01. The summed E-state index contributed by atoms with van der Waals surface area (Å²) in [5, 5.41) is 11.5. The number of nitrogens with one attached hydrogen (secondary N) is 1. The zero-order chi connectivity index (χ0) is 13.1. The van der Waals surface area contributed by atoms with E-state index in [-0.39, 0.29) is 17.2 Å². The van der Waals surface area contributed by atoms with Crippen molar-refractivity contribution in [2.45, 2.75) is 0 Å². The zero-order valence-corrected chi connectivity index (χ0v) is 10.6. The molecule has 1 heterocycles. The molecule has 6 heteroatoms. The van der Waals surface area contributed by atoms with Crippen LogP contribution in [0, 0.1) is 0 Å². The molecular weight excluding hydrogens is 274 g/mol. The summed E-state index contributed by atoms with van der Waals surface area (Å²) in [7, 11) is 0. The molecule has 2 aromatic rings. The number of halogens is 1. The first-order valence-electron chi connectivity index (χ1n) is 4.97. The average Bonchev–Trinajstić information content (AvgIpc) is 2.76. The maximum Gasteiger partial charge on any atom is 0.337 e. The van der Waals surface area contributed by atoms with Crippen LogP contribution in [0.25, 0.3) is 0 Å². The predicted molar refractivity (Wildman–Crippen MR) is 70.7 cm³/mol. The third kappa shape index (κ3) is 2.69. The Bertz CT molecular complexity index is 609. The fourth-order valence-corrected chi connectivity index (χ4v) is 2.34. The molecule has 92 valence electrons. The first kappa shape index (κ1) is 12.6. The summed E-state index contributed by atoms with van der Waals surface area (Å²) in [5.74, 6) is -1.46. The number of aromatic carboxylic acids is 1. The standard InChI is InChI=1S/C12H8ClNO3S/c13-10-6-5-9(18-10)11(15)14-8-4-2-1-3-7(8)12(16)17/h1-6H,(H,14,15)(H,16,17). The van der Waals surface area contributed by atoms with E-state index in [0.29, 0.717) is 9.21 Å². The van der Waals surface area contributed by atoms with E-state index in [1.807, 2.05) is 0 Å². The fourth-order valence-electron chi connectivity index (χ4n) is 1.40. The number of rotatable bonds is 3. The van der Waals surface area contributed by atoms with Gasteiger partial charge in [-0.15, -0.1) is 11.3 Å². The lowest BCUT2D eigenvalue weighted by atomic mass is 10.2. The van der Waals surface area contributed by atoms with Crippen molar-refractivity contribution in [3.63, 3.8) is 0 Å². The molecule has 0 radical (unpaired) electrons. The van der Waals surface area contributed by atoms with Crippen molar-refractivity contribution in [3.05, 3.63) is 51.2 Å². The number of carboxylic acids is 1. The van der Waals surface area contributed by atoms with Gasteiger partial charge in [-0.2, -0.15) is 0 Å². The summed E-state index contributed by atoms with van der Waals surface area (Å²) in [6, 6.07) is 9.43. The largest absolute Gasteiger partial charge is 0.478 e. The van der Waals surface area contributed by atoms with Gasteiger partial charge in [-0.05, 0) is 24.3 Å². The first-order valence-corrected chi connectivity index (χ1v) is 6.16. The molecule has 0 bridgehead atoms. The highest BCUT2D eigenvalue weighted by Gasteiger charge is 2.14. The minimum Gasteiger partial charge on any atom is -0.478 e. The first-order chi connectivity index (χ1) is 8.58. The predicted octanol–water partition coefficient (Wildman–Crippen LogP) is 3.35. The molecule has 0 unspecified atom stereocenters. The van der Waals surface area contributed by atoms with Crippen LogP contribution >= 0.6 is 22.9 Å². The molecule has 0 fully saturated rings. The second-order valence-corrected chi connectivity index (χ2v) is 5.12. The quantitative estimate of drug-likeness (QED) is 0.906. The van der Waals surface area contributed by atoms with Gasteiger partial charge < -0.3 is 10.4 Å². The summed E-state index contributed by atoms with van der Waals surface area (Å²) >= 11 is 6.87. The second-order valence-electron chi connectivity index (χ2n) is 3.41. The van der Waals surface area contributed by atoms with Gasteiger partial charge in [0.05, 0.1) is 20.5 Å². The summed E-state index contributed by atoms with van der Waals surface area (Å²) < 4.78 is 0.506. The average molecular weight is 282 g/mol. The van der Waals surface area contributed by atoms with Gasteiger partial charge in [0.25, 0.3) is 5.91 Å². The minimum absolute atomic E-state index is 0.0495. The van der Waals surface area contributed by atoms with E-state index in [1.165, 1.54) is 12.1 Å². The van der Waals surface area contributed by atoms with Gasteiger partial charge in [0.1, 0.15) is 0 Å². The number of hydrogen-bond donors (Lipinski definition) is 2. The number of hydrogen-bond acceptors (Lipinski definition) is 3. The molecule has 2 rings (SSSR count). The SMILES string of the molecule is O=C(Nc1ccccc1C(=O)O)c1ccc(Cl)s1. The van der Waals surface area contributed by atoms with Crippen LogP contribution in [0.3, 0.4) is 0 Å².